The quantitative estimate of drug-likeness (QED) is 0.495. The van der Waals surface area contributed by atoms with Gasteiger partial charge in [0.2, 0.25) is 5.91 Å². The van der Waals surface area contributed by atoms with E-state index in [4.69, 9.17) is 4.74 Å². The van der Waals surface area contributed by atoms with Crippen LogP contribution in [0.4, 0.5) is 0 Å². The van der Waals surface area contributed by atoms with Crippen molar-refractivity contribution in [2.75, 3.05) is 0 Å². The molecule has 3 rings (SSSR count). The van der Waals surface area contributed by atoms with Gasteiger partial charge in [-0.1, -0.05) is 85.8 Å². The van der Waals surface area contributed by atoms with Crippen LogP contribution in [0.25, 0.3) is 0 Å². The Morgan fingerprint density at radius 2 is 1.62 bits per heavy atom. The van der Waals surface area contributed by atoms with E-state index < -0.39 is 0 Å². The van der Waals surface area contributed by atoms with Crippen molar-refractivity contribution in [2.24, 2.45) is 5.92 Å². The van der Waals surface area contributed by atoms with Crippen molar-refractivity contribution >= 4 is 5.91 Å². The van der Waals surface area contributed by atoms with Gasteiger partial charge < -0.3 is 10.1 Å². The molecule has 0 aromatic heterocycles. The molecule has 0 unspecified atom stereocenters. The van der Waals surface area contributed by atoms with Crippen LogP contribution in [0, 0.1) is 5.92 Å². The van der Waals surface area contributed by atoms with Crippen LogP contribution in [0.1, 0.15) is 29.5 Å². The summed E-state index contributed by atoms with van der Waals surface area (Å²) in [6.07, 6.45) is 1.84. The molecule has 0 heterocycles. The van der Waals surface area contributed by atoms with Gasteiger partial charge in [-0.25, -0.2) is 0 Å². The molecule has 0 bridgehead atoms. The number of carbonyl (C=O) groups excluding carboxylic acids is 1. The van der Waals surface area contributed by atoms with Crippen LogP contribution in [0.3, 0.4) is 0 Å². The molecule has 29 heavy (non-hydrogen) atoms. The molecule has 3 aromatic carbocycles. The summed E-state index contributed by atoms with van der Waals surface area (Å²) in [6.45, 7) is 6.93. The molecule has 0 saturated carbocycles. The molecule has 0 aliphatic carbocycles. The molecule has 0 radical (unpaired) electrons. The van der Waals surface area contributed by atoms with Gasteiger partial charge in [0, 0.05) is 18.4 Å². The first kappa shape index (κ1) is 20.4. The summed E-state index contributed by atoms with van der Waals surface area (Å²) in [5.41, 5.74) is 3.22. The highest BCUT2D eigenvalue weighted by Gasteiger charge is 2.23. The lowest BCUT2D eigenvalue weighted by Gasteiger charge is -2.21. The molecule has 0 aliphatic rings. The smallest absolute Gasteiger partial charge is 0.224 e. The summed E-state index contributed by atoms with van der Waals surface area (Å²) >= 11 is 0. The third-order valence-electron chi connectivity index (χ3n) is 5.01. The van der Waals surface area contributed by atoms with Crippen LogP contribution in [0.5, 0.6) is 5.75 Å². The average molecular weight is 386 g/mol. The zero-order valence-electron chi connectivity index (χ0n) is 16.8. The van der Waals surface area contributed by atoms with E-state index in [1.165, 1.54) is 0 Å². The molecule has 0 fully saturated rings. The number of rotatable bonds is 9. The van der Waals surface area contributed by atoms with Gasteiger partial charge in [-0.2, -0.15) is 0 Å². The van der Waals surface area contributed by atoms with E-state index in [-0.39, 0.29) is 17.7 Å². The molecule has 3 nitrogen and oxygen atoms in total. The monoisotopic (exact) mass is 385 g/mol. The van der Waals surface area contributed by atoms with Crippen molar-refractivity contribution < 1.29 is 9.53 Å². The summed E-state index contributed by atoms with van der Waals surface area (Å²) < 4.78 is 5.94. The molecule has 3 heteroatoms. The Labute approximate surface area is 173 Å². The maximum atomic E-state index is 12.7. The zero-order valence-corrected chi connectivity index (χ0v) is 16.8. The number of hydrogen-bond donors (Lipinski definition) is 1. The first-order chi connectivity index (χ1) is 14.2. The van der Waals surface area contributed by atoms with E-state index in [1.807, 2.05) is 97.9 Å². The van der Waals surface area contributed by atoms with Gasteiger partial charge >= 0.3 is 0 Å². The Morgan fingerprint density at radius 1 is 0.966 bits per heavy atom. The highest BCUT2D eigenvalue weighted by atomic mass is 16.5. The molecule has 148 valence electrons. The van der Waals surface area contributed by atoms with Crippen LogP contribution in [-0.4, -0.2) is 5.91 Å². The first-order valence-electron chi connectivity index (χ1n) is 9.88. The van der Waals surface area contributed by atoms with Gasteiger partial charge in [-0.15, -0.1) is 6.58 Å². The highest BCUT2D eigenvalue weighted by Crippen LogP contribution is 2.29. The third-order valence-corrected chi connectivity index (χ3v) is 5.01. The molecular weight excluding hydrogens is 358 g/mol. The maximum absolute atomic E-state index is 12.7. The molecule has 0 spiro atoms. The van der Waals surface area contributed by atoms with Gasteiger partial charge in [0.15, 0.2) is 0 Å². The van der Waals surface area contributed by atoms with Crippen molar-refractivity contribution in [2.45, 2.75) is 26.0 Å². The van der Waals surface area contributed by atoms with Crippen LogP contribution >= 0.6 is 0 Å². The van der Waals surface area contributed by atoms with E-state index in [9.17, 15) is 4.79 Å². The standard InChI is InChI=1S/C26H27NO2/c1-3-25(20(2)26(28)27-18-21-11-6-4-7-12-21)23-15-10-16-24(17-23)29-19-22-13-8-5-9-14-22/h3-17,20,25H,1,18-19H2,2H3,(H,27,28)/t20-,25-/m1/s1. The summed E-state index contributed by atoms with van der Waals surface area (Å²) in [6, 6.07) is 27.9. The Balaban J connectivity index is 1.63. The van der Waals surface area contributed by atoms with Crippen molar-refractivity contribution in [3.8, 4) is 5.75 Å². The lowest BCUT2D eigenvalue weighted by atomic mass is 9.86. The fourth-order valence-corrected chi connectivity index (χ4v) is 3.29. The highest BCUT2D eigenvalue weighted by molar-refractivity contribution is 5.79. The van der Waals surface area contributed by atoms with Crippen molar-refractivity contribution in [1.29, 1.82) is 0 Å². The number of carbonyl (C=O) groups is 1. The van der Waals surface area contributed by atoms with Gasteiger partial charge in [-0.05, 0) is 28.8 Å². The SMILES string of the molecule is C=C[C@@H](c1cccc(OCc2ccccc2)c1)[C@@H](C)C(=O)NCc1ccccc1. The minimum atomic E-state index is -0.236. The fraction of sp³-hybridized carbons (Fsp3) is 0.192. The second kappa shape index (κ2) is 10.3. The second-order valence-corrected chi connectivity index (χ2v) is 7.10. The summed E-state index contributed by atoms with van der Waals surface area (Å²) in [7, 11) is 0. The third kappa shape index (κ3) is 5.82. The summed E-state index contributed by atoms with van der Waals surface area (Å²) in [4.78, 5) is 12.7. The molecule has 2 atom stereocenters. The van der Waals surface area contributed by atoms with Crippen molar-refractivity contribution in [3.05, 3.63) is 114 Å². The number of nitrogens with one attached hydrogen (secondary N) is 1. The maximum Gasteiger partial charge on any atom is 0.224 e. The topological polar surface area (TPSA) is 38.3 Å². The Morgan fingerprint density at radius 3 is 2.28 bits per heavy atom. The lowest BCUT2D eigenvalue weighted by Crippen LogP contribution is -2.31. The van der Waals surface area contributed by atoms with E-state index in [0.29, 0.717) is 13.2 Å². The molecule has 1 amide bonds. The summed E-state index contributed by atoms with van der Waals surface area (Å²) in [5.74, 6) is 0.469. The van der Waals surface area contributed by atoms with Crippen LogP contribution < -0.4 is 10.1 Å². The number of amides is 1. The van der Waals surface area contributed by atoms with Gasteiger partial charge in [0.25, 0.3) is 0 Å². The van der Waals surface area contributed by atoms with E-state index >= 15 is 0 Å². The Hall–Kier alpha value is -3.33. The molecule has 0 saturated heterocycles. The van der Waals surface area contributed by atoms with Crippen LogP contribution in [0.15, 0.2) is 97.6 Å². The fourth-order valence-electron chi connectivity index (χ4n) is 3.29. The number of ether oxygens (including phenoxy) is 1. The number of hydrogen-bond acceptors (Lipinski definition) is 2. The second-order valence-electron chi connectivity index (χ2n) is 7.10. The summed E-state index contributed by atoms with van der Waals surface area (Å²) in [5, 5.41) is 3.03. The van der Waals surface area contributed by atoms with Gasteiger partial charge in [0.05, 0.1) is 0 Å². The largest absolute Gasteiger partial charge is 0.489 e. The predicted molar refractivity (Wildman–Crippen MR) is 118 cm³/mol. The molecule has 0 aliphatic heterocycles. The molecule has 1 N–H and O–H groups in total. The van der Waals surface area contributed by atoms with Crippen molar-refractivity contribution in [1.82, 2.24) is 5.32 Å². The van der Waals surface area contributed by atoms with Gasteiger partial charge in [-0.3, -0.25) is 4.79 Å². The van der Waals surface area contributed by atoms with Crippen LogP contribution in [-0.2, 0) is 17.9 Å². The molecular formula is C26H27NO2. The number of benzene rings is 3. The number of allylic oxidation sites excluding steroid dienone is 1. The average Bonchev–Trinajstić information content (AvgIpc) is 2.78. The Kier molecular flexibility index (Phi) is 7.23. The Bertz CT molecular complexity index is 922. The lowest BCUT2D eigenvalue weighted by molar-refractivity contribution is -0.125. The predicted octanol–water partition coefficient (Wildman–Crippen LogP) is 5.49. The van der Waals surface area contributed by atoms with E-state index in [1.54, 1.807) is 0 Å². The first-order valence-corrected chi connectivity index (χ1v) is 9.88. The van der Waals surface area contributed by atoms with Gasteiger partial charge in [0.1, 0.15) is 12.4 Å². The normalized spacial score (nSPS) is 12.6. The zero-order chi connectivity index (χ0) is 20.5. The van der Waals surface area contributed by atoms with E-state index in [0.717, 1.165) is 22.4 Å². The van der Waals surface area contributed by atoms with E-state index in [2.05, 4.69) is 11.9 Å². The molecule has 3 aromatic rings. The van der Waals surface area contributed by atoms with Crippen LogP contribution in [0.2, 0.25) is 0 Å². The van der Waals surface area contributed by atoms with Crippen molar-refractivity contribution in [3.63, 3.8) is 0 Å². The minimum Gasteiger partial charge on any atom is -0.489 e. The minimum absolute atomic E-state index is 0.00867.